The molecule has 6 nitrogen and oxygen atoms in total. The number of benzene rings is 1. The molecule has 0 aliphatic heterocycles. The summed E-state index contributed by atoms with van der Waals surface area (Å²) in [6, 6.07) is 8.84. The summed E-state index contributed by atoms with van der Waals surface area (Å²) in [4.78, 5) is 30.4. The van der Waals surface area contributed by atoms with E-state index < -0.39 is 11.8 Å². The quantitative estimate of drug-likeness (QED) is 0.630. The van der Waals surface area contributed by atoms with Gasteiger partial charge in [0.25, 0.3) is 11.8 Å². The molecule has 0 bridgehead atoms. The van der Waals surface area contributed by atoms with E-state index in [0.29, 0.717) is 16.5 Å². The highest BCUT2D eigenvalue weighted by Crippen LogP contribution is 2.16. The van der Waals surface area contributed by atoms with Crippen molar-refractivity contribution in [3.63, 3.8) is 0 Å². The molecule has 3 rings (SSSR count). The molecular weight excluding hydrogens is 287 g/mol. The van der Waals surface area contributed by atoms with Crippen molar-refractivity contribution in [1.29, 1.82) is 0 Å². The second-order valence-electron chi connectivity index (χ2n) is 4.56. The van der Waals surface area contributed by atoms with Gasteiger partial charge in [0.2, 0.25) is 0 Å². The van der Waals surface area contributed by atoms with E-state index in [0.717, 1.165) is 0 Å². The highest BCUT2D eigenvalue weighted by molar-refractivity contribution is 6.00. The molecule has 2 aromatic heterocycles. The number of nitrogens with zero attached hydrogens (tertiary/aromatic N) is 1. The Morgan fingerprint density at radius 3 is 2.68 bits per heavy atom. The molecule has 0 fully saturated rings. The third-order valence-electron chi connectivity index (χ3n) is 3.04. The number of halogens is 1. The molecule has 3 aromatic rings. The average Bonchev–Trinajstić information content (AvgIpc) is 2.96. The molecule has 0 aliphatic rings. The summed E-state index contributed by atoms with van der Waals surface area (Å²) in [5.41, 5.74) is 5.73. The van der Waals surface area contributed by atoms with Crippen LogP contribution in [0.5, 0.6) is 0 Å². The molecule has 0 aliphatic carbocycles. The Balaban J connectivity index is 1.69. The van der Waals surface area contributed by atoms with Crippen molar-refractivity contribution in [3.8, 4) is 0 Å². The highest BCUT2D eigenvalue weighted by Gasteiger charge is 2.11. The number of pyridine rings is 1. The van der Waals surface area contributed by atoms with Gasteiger partial charge in [0.05, 0.1) is 5.56 Å². The van der Waals surface area contributed by atoms with Crippen LogP contribution in [0.3, 0.4) is 0 Å². The lowest BCUT2D eigenvalue weighted by Gasteiger charge is -2.05. The number of rotatable bonds is 2. The lowest BCUT2D eigenvalue weighted by Crippen LogP contribution is -2.41. The van der Waals surface area contributed by atoms with Crippen molar-refractivity contribution >= 4 is 22.7 Å². The van der Waals surface area contributed by atoms with Gasteiger partial charge in [0.15, 0.2) is 0 Å². The monoisotopic (exact) mass is 298 g/mol. The van der Waals surface area contributed by atoms with Crippen molar-refractivity contribution in [2.45, 2.75) is 0 Å². The largest absolute Gasteiger partial charge is 0.350 e. The van der Waals surface area contributed by atoms with Crippen molar-refractivity contribution in [3.05, 3.63) is 65.9 Å². The SMILES string of the molecule is O=C(NNC(=O)c1cc2cc(F)ccc2[nH]1)c1cccnc1. The van der Waals surface area contributed by atoms with Gasteiger partial charge in [-0.2, -0.15) is 0 Å². The van der Waals surface area contributed by atoms with Crippen molar-refractivity contribution in [1.82, 2.24) is 20.8 Å². The Morgan fingerprint density at radius 1 is 1.09 bits per heavy atom. The van der Waals surface area contributed by atoms with Gasteiger partial charge in [-0.15, -0.1) is 0 Å². The van der Waals surface area contributed by atoms with Gasteiger partial charge < -0.3 is 4.98 Å². The second kappa shape index (κ2) is 5.65. The van der Waals surface area contributed by atoms with Crippen LogP contribution in [0.2, 0.25) is 0 Å². The van der Waals surface area contributed by atoms with Gasteiger partial charge in [-0.05, 0) is 36.4 Å². The van der Waals surface area contributed by atoms with Gasteiger partial charge in [0.1, 0.15) is 11.5 Å². The summed E-state index contributed by atoms with van der Waals surface area (Å²) >= 11 is 0. The van der Waals surface area contributed by atoms with E-state index in [2.05, 4.69) is 20.8 Å². The minimum atomic E-state index is -0.533. The summed E-state index contributed by atoms with van der Waals surface area (Å²) < 4.78 is 13.1. The number of aromatic nitrogens is 2. The van der Waals surface area contributed by atoms with Crippen LogP contribution in [0.25, 0.3) is 10.9 Å². The molecule has 3 N–H and O–H groups in total. The van der Waals surface area contributed by atoms with E-state index >= 15 is 0 Å². The molecule has 0 saturated heterocycles. The lowest BCUT2D eigenvalue weighted by atomic mass is 10.2. The molecular formula is C15H11FN4O2. The first kappa shape index (κ1) is 13.7. The smallest absolute Gasteiger partial charge is 0.286 e. The second-order valence-corrected chi connectivity index (χ2v) is 4.56. The molecule has 0 atom stereocenters. The van der Waals surface area contributed by atoms with E-state index in [9.17, 15) is 14.0 Å². The van der Waals surface area contributed by atoms with Crippen LogP contribution in [-0.2, 0) is 0 Å². The van der Waals surface area contributed by atoms with E-state index in [1.54, 1.807) is 18.3 Å². The fourth-order valence-electron chi connectivity index (χ4n) is 1.98. The Labute approximate surface area is 124 Å². The number of H-pyrrole nitrogens is 1. The van der Waals surface area contributed by atoms with E-state index in [1.807, 2.05) is 0 Å². The van der Waals surface area contributed by atoms with E-state index in [-0.39, 0.29) is 11.5 Å². The van der Waals surface area contributed by atoms with E-state index in [4.69, 9.17) is 0 Å². The molecule has 0 radical (unpaired) electrons. The maximum atomic E-state index is 13.1. The van der Waals surface area contributed by atoms with Crippen LogP contribution in [-0.4, -0.2) is 21.8 Å². The van der Waals surface area contributed by atoms with Crippen LogP contribution in [0, 0.1) is 5.82 Å². The summed E-state index contributed by atoms with van der Waals surface area (Å²) in [6.07, 6.45) is 2.92. The minimum Gasteiger partial charge on any atom is -0.350 e. The lowest BCUT2D eigenvalue weighted by molar-refractivity contribution is 0.0844. The van der Waals surface area contributed by atoms with E-state index in [1.165, 1.54) is 30.5 Å². The predicted molar refractivity (Wildman–Crippen MR) is 77.4 cm³/mol. The summed E-state index contributed by atoms with van der Waals surface area (Å²) in [5, 5.41) is 0.573. The molecule has 110 valence electrons. The number of carbonyl (C=O) groups excluding carboxylic acids is 2. The van der Waals surface area contributed by atoms with Crippen LogP contribution in [0.4, 0.5) is 4.39 Å². The number of aromatic amines is 1. The zero-order valence-corrected chi connectivity index (χ0v) is 11.3. The van der Waals surface area contributed by atoms with Gasteiger partial charge >= 0.3 is 0 Å². The summed E-state index contributed by atoms with van der Waals surface area (Å²) in [5.74, 6) is -1.40. The predicted octanol–water partition coefficient (Wildman–Crippen LogP) is 1.78. The zero-order chi connectivity index (χ0) is 15.5. The molecule has 7 heteroatoms. The molecule has 2 heterocycles. The Bertz CT molecular complexity index is 845. The van der Waals surface area contributed by atoms with Crippen LogP contribution in [0.1, 0.15) is 20.8 Å². The number of amides is 2. The fraction of sp³-hybridized carbons (Fsp3) is 0. The third-order valence-corrected chi connectivity index (χ3v) is 3.04. The summed E-state index contributed by atoms with van der Waals surface area (Å²) in [6.45, 7) is 0. The van der Waals surface area contributed by atoms with Crippen molar-refractivity contribution < 1.29 is 14.0 Å². The molecule has 0 saturated carbocycles. The van der Waals surface area contributed by atoms with Crippen LogP contribution >= 0.6 is 0 Å². The zero-order valence-electron chi connectivity index (χ0n) is 11.3. The molecule has 0 unspecified atom stereocenters. The Hall–Kier alpha value is -3.22. The summed E-state index contributed by atoms with van der Waals surface area (Å²) in [7, 11) is 0. The number of hydrogen-bond acceptors (Lipinski definition) is 3. The van der Waals surface area contributed by atoms with Gasteiger partial charge in [0, 0.05) is 23.3 Å². The molecule has 0 spiro atoms. The maximum Gasteiger partial charge on any atom is 0.286 e. The number of hydrazine groups is 1. The Kier molecular flexibility index (Phi) is 3.53. The topological polar surface area (TPSA) is 86.9 Å². The molecule has 1 aromatic carbocycles. The maximum absolute atomic E-state index is 13.1. The number of carbonyl (C=O) groups is 2. The number of nitrogens with one attached hydrogen (secondary N) is 3. The number of fused-ring (bicyclic) bond motifs is 1. The average molecular weight is 298 g/mol. The molecule has 2 amide bonds. The highest BCUT2D eigenvalue weighted by atomic mass is 19.1. The van der Waals surface area contributed by atoms with Gasteiger partial charge in [-0.1, -0.05) is 0 Å². The fourth-order valence-corrected chi connectivity index (χ4v) is 1.98. The van der Waals surface area contributed by atoms with Crippen LogP contribution in [0.15, 0.2) is 48.8 Å². The first-order chi connectivity index (χ1) is 10.6. The molecule has 22 heavy (non-hydrogen) atoms. The number of hydrogen-bond donors (Lipinski definition) is 3. The van der Waals surface area contributed by atoms with Crippen molar-refractivity contribution in [2.24, 2.45) is 0 Å². The van der Waals surface area contributed by atoms with Crippen molar-refractivity contribution in [2.75, 3.05) is 0 Å². The first-order valence-corrected chi connectivity index (χ1v) is 6.42. The normalized spacial score (nSPS) is 10.4. The van der Waals surface area contributed by atoms with Gasteiger partial charge in [-0.25, -0.2) is 4.39 Å². The third kappa shape index (κ3) is 2.78. The standard InChI is InChI=1S/C15H11FN4O2/c16-11-3-4-12-10(6-11)7-13(18-12)15(22)20-19-14(21)9-2-1-5-17-8-9/h1-8,18H,(H,19,21)(H,20,22). The van der Waals surface area contributed by atoms with Gasteiger partial charge in [-0.3, -0.25) is 25.4 Å². The minimum absolute atomic E-state index is 0.215. The Morgan fingerprint density at radius 2 is 1.91 bits per heavy atom. The first-order valence-electron chi connectivity index (χ1n) is 6.42. The van der Waals surface area contributed by atoms with Crippen LogP contribution < -0.4 is 10.9 Å².